The number of aromatic amines is 1. The third-order valence-electron chi connectivity index (χ3n) is 6.50. The fourth-order valence-corrected chi connectivity index (χ4v) is 4.17. The number of carbonyl (C=O) groups is 1. The van der Waals surface area contributed by atoms with Crippen molar-refractivity contribution in [3.05, 3.63) is 59.3 Å². The lowest BCUT2D eigenvalue weighted by atomic mass is 9.87. The zero-order valence-corrected chi connectivity index (χ0v) is 16.9. The van der Waals surface area contributed by atoms with E-state index in [-0.39, 0.29) is 23.4 Å². The highest BCUT2D eigenvalue weighted by atomic mass is 16.7. The lowest BCUT2D eigenvalue weighted by Gasteiger charge is -2.20. The van der Waals surface area contributed by atoms with Crippen LogP contribution >= 0.6 is 0 Å². The van der Waals surface area contributed by atoms with Gasteiger partial charge in [-0.25, -0.2) is 0 Å². The molecule has 1 aliphatic carbocycles. The molecular weight excluding hydrogens is 364 g/mol. The van der Waals surface area contributed by atoms with Gasteiger partial charge in [-0.1, -0.05) is 26.0 Å². The number of ketones is 1. The normalized spacial score (nSPS) is 16.9. The van der Waals surface area contributed by atoms with Gasteiger partial charge in [0.05, 0.1) is 5.41 Å². The van der Waals surface area contributed by atoms with Gasteiger partial charge in [0.2, 0.25) is 6.79 Å². The molecule has 0 saturated heterocycles. The number of rotatable bonds is 6. The van der Waals surface area contributed by atoms with Crippen LogP contribution in [0.25, 0.3) is 10.9 Å². The minimum atomic E-state index is -0.374. The highest BCUT2D eigenvalue weighted by molar-refractivity contribution is 5.95. The summed E-state index contributed by atoms with van der Waals surface area (Å²) >= 11 is 0. The van der Waals surface area contributed by atoms with Crippen LogP contribution in [0.1, 0.15) is 43.5 Å². The Bertz CT molecular complexity index is 1110. The summed E-state index contributed by atoms with van der Waals surface area (Å²) in [5.41, 5.74) is 9.73. The van der Waals surface area contributed by atoms with E-state index in [1.165, 1.54) is 0 Å². The number of nitrogens with one attached hydrogen (secondary N) is 1. The molecule has 0 bridgehead atoms. The molecule has 0 radical (unpaired) electrons. The van der Waals surface area contributed by atoms with Crippen molar-refractivity contribution in [1.29, 1.82) is 0 Å². The summed E-state index contributed by atoms with van der Waals surface area (Å²) in [6.07, 6.45) is 2.23. The Kier molecular flexibility index (Phi) is 4.00. The van der Waals surface area contributed by atoms with E-state index in [9.17, 15) is 4.79 Å². The van der Waals surface area contributed by atoms with E-state index >= 15 is 0 Å². The molecule has 0 atom stereocenters. The predicted molar refractivity (Wildman–Crippen MR) is 113 cm³/mol. The van der Waals surface area contributed by atoms with Gasteiger partial charge in [0.15, 0.2) is 11.5 Å². The second kappa shape index (κ2) is 6.36. The largest absolute Gasteiger partial charge is 0.454 e. The molecule has 3 N–H and O–H groups in total. The number of aromatic nitrogens is 1. The van der Waals surface area contributed by atoms with E-state index in [2.05, 4.69) is 37.0 Å². The molecule has 2 heterocycles. The predicted octanol–water partition coefficient (Wildman–Crippen LogP) is 3.98. The van der Waals surface area contributed by atoms with E-state index in [1.54, 1.807) is 0 Å². The van der Waals surface area contributed by atoms with Crippen LogP contribution in [-0.4, -0.2) is 24.1 Å². The van der Waals surface area contributed by atoms with E-state index in [1.807, 2.05) is 24.3 Å². The molecule has 29 heavy (non-hydrogen) atoms. The number of Topliss-reactive ketones (excluding diaryl/α,β-unsaturated/α-hetero) is 1. The number of hydrogen-bond donors (Lipinski definition) is 2. The number of carbonyl (C=O) groups excluding carboxylic acids is 1. The van der Waals surface area contributed by atoms with Crippen molar-refractivity contribution in [1.82, 2.24) is 4.98 Å². The van der Waals surface area contributed by atoms with Crippen LogP contribution in [0, 0.1) is 0 Å². The summed E-state index contributed by atoms with van der Waals surface area (Å²) < 4.78 is 10.9. The Morgan fingerprint density at radius 3 is 2.66 bits per heavy atom. The van der Waals surface area contributed by atoms with Crippen LogP contribution in [0.15, 0.2) is 42.5 Å². The van der Waals surface area contributed by atoms with Crippen molar-refractivity contribution in [3.63, 3.8) is 0 Å². The van der Waals surface area contributed by atoms with Crippen molar-refractivity contribution >= 4 is 16.7 Å². The Morgan fingerprint density at radius 1 is 1.10 bits per heavy atom. The quantitative estimate of drug-likeness (QED) is 0.667. The molecule has 2 aromatic carbocycles. The van der Waals surface area contributed by atoms with Crippen LogP contribution in [0.4, 0.5) is 0 Å². The van der Waals surface area contributed by atoms with E-state index in [4.69, 9.17) is 15.2 Å². The number of benzene rings is 2. The highest BCUT2D eigenvalue weighted by Crippen LogP contribution is 2.51. The van der Waals surface area contributed by atoms with Gasteiger partial charge in [-0.15, -0.1) is 0 Å². The van der Waals surface area contributed by atoms with Crippen molar-refractivity contribution in [2.45, 2.75) is 43.9 Å². The smallest absolute Gasteiger partial charge is 0.231 e. The molecule has 2 aliphatic rings. The Morgan fingerprint density at radius 2 is 1.90 bits per heavy atom. The molecule has 1 aromatic heterocycles. The second-order valence-electron chi connectivity index (χ2n) is 8.94. The van der Waals surface area contributed by atoms with Crippen LogP contribution in [0.5, 0.6) is 11.5 Å². The van der Waals surface area contributed by atoms with Crippen LogP contribution < -0.4 is 15.2 Å². The monoisotopic (exact) mass is 390 g/mol. The van der Waals surface area contributed by atoms with Gasteiger partial charge >= 0.3 is 0 Å². The standard InChI is InChI=1S/C24H26N2O3/c1-23(2,13-25)21-11-16-9-15(3-5-18(16)26-21)10-22(27)24(7-8-24)17-4-6-19-20(12-17)29-14-28-19/h3-6,9,11-12,26H,7-8,10,13-14,25H2,1-2H3. The van der Waals surface area contributed by atoms with Gasteiger partial charge < -0.3 is 20.2 Å². The van der Waals surface area contributed by atoms with E-state index in [0.717, 1.165) is 52.1 Å². The van der Waals surface area contributed by atoms with E-state index in [0.29, 0.717) is 13.0 Å². The highest BCUT2D eigenvalue weighted by Gasteiger charge is 2.50. The zero-order chi connectivity index (χ0) is 20.2. The Hall–Kier alpha value is -2.79. The molecule has 1 fully saturated rings. The molecule has 150 valence electrons. The summed E-state index contributed by atoms with van der Waals surface area (Å²) in [5.74, 6) is 1.77. The van der Waals surface area contributed by atoms with Gasteiger partial charge in [-0.05, 0) is 59.7 Å². The van der Waals surface area contributed by atoms with Crippen molar-refractivity contribution in [2.75, 3.05) is 13.3 Å². The maximum atomic E-state index is 13.2. The first-order valence-corrected chi connectivity index (χ1v) is 10.2. The third-order valence-corrected chi connectivity index (χ3v) is 6.50. The average molecular weight is 390 g/mol. The maximum absolute atomic E-state index is 13.2. The molecular formula is C24H26N2O3. The summed E-state index contributed by atoms with van der Waals surface area (Å²) in [4.78, 5) is 16.7. The van der Waals surface area contributed by atoms with Gasteiger partial charge in [-0.3, -0.25) is 4.79 Å². The maximum Gasteiger partial charge on any atom is 0.231 e. The first-order valence-electron chi connectivity index (χ1n) is 10.2. The zero-order valence-electron chi connectivity index (χ0n) is 16.9. The number of ether oxygens (including phenoxy) is 2. The summed E-state index contributed by atoms with van der Waals surface area (Å²) in [6.45, 7) is 5.08. The summed E-state index contributed by atoms with van der Waals surface area (Å²) in [6, 6.07) is 14.3. The molecule has 1 saturated carbocycles. The van der Waals surface area contributed by atoms with Crippen LogP contribution in [-0.2, 0) is 22.0 Å². The minimum Gasteiger partial charge on any atom is -0.454 e. The topological polar surface area (TPSA) is 77.3 Å². The van der Waals surface area contributed by atoms with Crippen LogP contribution in [0.3, 0.4) is 0 Å². The van der Waals surface area contributed by atoms with Gasteiger partial charge in [0.1, 0.15) is 5.78 Å². The SMILES string of the molecule is CC(C)(CN)c1cc2cc(CC(=O)C3(c4ccc5c(c4)OCO5)CC3)ccc2[nH]1. The molecule has 5 nitrogen and oxygen atoms in total. The van der Waals surface area contributed by atoms with Gasteiger partial charge in [0, 0.05) is 29.6 Å². The average Bonchev–Trinajstić information content (AvgIpc) is 3.20. The molecule has 1 aliphatic heterocycles. The number of nitrogens with two attached hydrogens (primary N) is 1. The summed E-state index contributed by atoms with van der Waals surface area (Å²) in [7, 11) is 0. The first kappa shape index (κ1) is 18.3. The lowest BCUT2D eigenvalue weighted by Crippen LogP contribution is -2.28. The minimum absolute atomic E-state index is 0.105. The number of fused-ring (bicyclic) bond motifs is 2. The molecule has 0 spiro atoms. The second-order valence-corrected chi connectivity index (χ2v) is 8.94. The number of H-pyrrole nitrogens is 1. The fourth-order valence-electron chi connectivity index (χ4n) is 4.17. The Balaban J connectivity index is 1.39. The number of hydrogen-bond acceptors (Lipinski definition) is 4. The lowest BCUT2D eigenvalue weighted by molar-refractivity contribution is -0.120. The molecule has 3 aromatic rings. The molecule has 5 heteroatoms. The third kappa shape index (κ3) is 3.01. The van der Waals surface area contributed by atoms with Crippen molar-refractivity contribution < 1.29 is 14.3 Å². The molecule has 5 rings (SSSR count). The first-order chi connectivity index (χ1) is 13.9. The Labute approximate surface area is 170 Å². The van der Waals surface area contributed by atoms with E-state index < -0.39 is 0 Å². The molecule has 0 amide bonds. The summed E-state index contributed by atoms with van der Waals surface area (Å²) in [5, 5.41) is 1.12. The van der Waals surface area contributed by atoms with Gasteiger partial charge in [0.25, 0.3) is 0 Å². The van der Waals surface area contributed by atoms with Gasteiger partial charge in [-0.2, -0.15) is 0 Å². The van der Waals surface area contributed by atoms with Crippen LogP contribution in [0.2, 0.25) is 0 Å². The fraction of sp³-hybridized carbons (Fsp3) is 0.375. The van der Waals surface area contributed by atoms with Crippen molar-refractivity contribution in [3.8, 4) is 11.5 Å². The van der Waals surface area contributed by atoms with Crippen molar-refractivity contribution in [2.24, 2.45) is 5.73 Å². The molecule has 0 unspecified atom stereocenters.